The minimum atomic E-state index is -0.632. The van der Waals surface area contributed by atoms with Crippen LogP contribution in [-0.4, -0.2) is 43.2 Å². The number of benzene rings is 2. The summed E-state index contributed by atoms with van der Waals surface area (Å²) in [6.07, 6.45) is -0.218. The zero-order chi connectivity index (χ0) is 18.5. The smallest absolute Gasteiger partial charge is 0.267 e. The Morgan fingerprint density at radius 3 is 2.46 bits per heavy atom. The SMILES string of the molecule is Cc1ccccc1OCCCN(C)C(=O)C1Oc2ccccc2OC1C. The molecular weight excluding hydrogens is 330 g/mol. The molecule has 1 amide bonds. The Kier molecular flexibility index (Phi) is 5.66. The molecule has 0 aromatic heterocycles. The summed E-state index contributed by atoms with van der Waals surface area (Å²) in [6.45, 7) is 5.03. The van der Waals surface area contributed by atoms with Gasteiger partial charge in [-0.15, -0.1) is 0 Å². The van der Waals surface area contributed by atoms with E-state index in [0.717, 1.165) is 17.7 Å². The van der Waals surface area contributed by atoms with Gasteiger partial charge in [0.15, 0.2) is 11.5 Å². The quantitative estimate of drug-likeness (QED) is 0.745. The maximum Gasteiger partial charge on any atom is 0.267 e. The first kappa shape index (κ1) is 18.1. The largest absolute Gasteiger partial charge is 0.493 e. The molecule has 0 saturated heterocycles. The summed E-state index contributed by atoms with van der Waals surface area (Å²) in [6, 6.07) is 15.3. The number of fused-ring (bicyclic) bond motifs is 1. The molecule has 1 heterocycles. The Morgan fingerprint density at radius 1 is 1.08 bits per heavy atom. The maximum atomic E-state index is 12.7. The summed E-state index contributed by atoms with van der Waals surface area (Å²) in [7, 11) is 1.78. The summed E-state index contributed by atoms with van der Waals surface area (Å²) < 4.78 is 17.5. The van der Waals surface area contributed by atoms with Crippen molar-refractivity contribution in [1.29, 1.82) is 0 Å². The summed E-state index contributed by atoms with van der Waals surface area (Å²) in [5.74, 6) is 2.09. The summed E-state index contributed by atoms with van der Waals surface area (Å²) >= 11 is 0. The van der Waals surface area contributed by atoms with Gasteiger partial charge in [-0.05, 0) is 44.0 Å². The first-order valence-corrected chi connectivity index (χ1v) is 8.92. The van der Waals surface area contributed by atoms with E-state index < -0.39 is 6.10 Å². The molecule has 0 radical (unpaired) electrons. The van der Waals surface area contributed by atoms with Crippen molar-refractivity contribution in [1.82, 2.24) is 4.90 Å². The fourth-order valence-electron chi connectivity index (χ4n) is 2.92. The van der Waals surface area contributed by atoms with Gasteiger partial charge in [-0.1, -0.05) is 30.3 Å². The van der Waals surface area contributed by atoms with E-state index in [4.69, 9.17) is 14.2 Å². The number of aryl methyl sites for hydroxylation is 1. The Balaban J connectivity index is 1.49. The number of carbonyl (C=O) groups is 1. The summed E-state index contributed by atoms with van der Waals surface area (Å²) in [5, 5.41) is 0. The van der Waals surface area contributed by atoms with E-state index in [1.54, 1.807) is 11.9 Å². The van der Waals surface area contributed by atoms with Crippen LogP contribution in [0.25, 0.3) is 0 Å². The number of hydrogen-bond acceptors (Lipinski definition) is 4. The minimum absolute atomic E-state index is 0.0807. The van der Waals surface area contributed by atoms with Crippen molar-refractivity contribution in [2.24, 2.45) is 0 Å². The van der Waals surface area contributed by atoms with Gasteiger partial charge in [-0.25, -0.2) is 0 Å². The van der Waals surface area contributed by atoms with Gasteiger partial charge < -0.3 is 19.1 Å². The molecule has 0 N–H and O–H groups in total. The van der Waals surface area contributed by atoms with E-state index in [2.05, 4.69) is 0 Å². The Labute approximate surface area is 154 Å². The minimum Gasteiger partial charge on any atom is -0.493 e. The van der Waals surface area contributed by atoms with E-state index in [0.29, 0.717) is 24.7 Å². The predicted molar refractivity (Wildman–Crippen MR) is 99.9 cm³/mol. The average molecular weight is 355 g/mol. The Morgan fingerprint density at radius 2 is 1.73 bits per heavy atom. The number of nitrogens with zero attached hydrogens (tertiary/aromatic N) is 1. The van der Waals surface area contributed by atoms with Gasteiger partial charge in [0, 0.05) is 13.6 Å². The third-order valence-corrected chi connectivity index (χ3v) is 4.45. The zero-order valence-corrected chi connectivity index (χ0v) is 15.5. The first-order chi connectivity index (χ1) is 12.6. The maximum absolute atomic E-state index is 12.7. The van der Waals surface area contributed by atoms with Gasteiger partial charge in [0.25, 0.3) is 5.91 Å². The average Bonchev–Trinajstić information content (AvgIpc) is 2.65. The van der Waals surface area contributed by atoms with Gasteiger partial charge in [0.05, 0.1) is 6.61 Å². The van der Waals surface area contributed by atoms with Crippen LogP contribution in [0.15, 0.2) is 48.5 Å². The Bertz CT molecular complexity index is 761. The van der Waals surface area contributed by atoms with E-state index in [1.165, 1.54) is 0 Å². The van der Waals surface area contributed by atoms with Crippen LogP contribution in [0.2, 0.25) is 0 Å². The molecule has 0 spiro atoms. The highest BCUT2D eigenvalue weighted by molar-refractivity contribution is 5.82. The fraction of sp³-hybridized carbons (Fsp3) is 0.381. The molecule has 2 aromatic rings. The van der Waals surface area contributed by atoms with Crippen LogP contribution in [0.3, 0.4) is 0 Å². The van der Waals surface area contributed by atoms with Crippen LogP contribution >= 0.6 is 0 Å². The molecule has 0 fully saturated rings. The zero-order valence-electron chi connectivity index (χ0n) is 15.5. The molecule has 26 heavy (non-hydrogen) atoms. The molecule has 1 aliphatic rings. The number of amides is 1. The number of rotatable bonds is 6. The van der Waals surface area contributed by atoms with Crippen LogP contribution in [-0.2, 0) is 4.79 Å². The molecule has 0 saturated carbocycles. The van der Waals surface area contributed by atoms with Gasteiger partial charge in [0.1, 0.15) is 11.9 Å². The summed E-state index contributed by atoms with van der Waals surface area (Å²) in [5.41, 5.74) is 1.11. The molecule has 3 rings (SSSR count). The standard InChI is InChI=1S/C21H25NO4/c1-15-9-4-5-10-17(15)24-14-8-13-22(3)21(23)20-16(2)25-18-11-6-7-12-19(18)26-20/h4-7,9-12,16,20H,8,13-14H2,1-3H3. The third kappa shape index (κ3) is 4.10. The molecule has 0 bridgehead atoms. The van der Waals surface area contributed by atoms with Crippen LogP contribution in [0.4, 0.5) is 0 Å². The molecule has 1 aliphatic heterocycles. The molecule has 2 atom stereocenters. The highest BCUT2D eigenvalue weighted by Gasteiger charge is 2.35. The highest BCUT2D eigenvalue weighted by atomic mass is 16.6. The second-order valence-corrected chi connectivity index (χ2v) is 6.54. The van der Waals surface area contributed by atoms with Crippen molar-refractivity contribution >= 4 is 5.91 Å². The van der Waals surface area contributed by atoms with Gasteiger partial charge in [0.2, 0.25) is 6.10 Å². The van der Waals surface area contributed by atoms with E-state index in [-0.39, 0.29) is 12.0 Å². The highest BCUT2D eigenvalue weighted by Crippen LogP contribution is 2.33. The number of hydrogen-bond donors (Lipinski definition) is 0. The first-order valence-electron chi connectivity index (χ1n) is 8.92. The van der Waals surface area contributed by atoms with Crippen molar-refractivity contribution in [3.8, 4) is 17.2 Å². The van der Waals surface area contributed by atoms with Crippen molar-refractivity contribution in [3.63, 3.8) is 0 Å². The van der Waals surface area contributed by atoms with Crippen LogP contribution in [0, 0.1) is 6.92 Å². The van der Waals surface area contributed by atoms with E-state index in [1.807, 2.05) is 62.4 Å². The monoisotopic (exact) mass is 355 g/mol. The lowest BCUT2D eigenvalue weighted by Gasteiger charge is -2.33. The molecule has 2 aromatic carbocycles. The van der Waals surface area contributed by atoms with Gasteiger partial charge >= 0.3 is 0 Å². The second kappa shape index (κ2) is 8.13. The molecular formula is C21H25NO4. The predicted octanol–water partition coefficient (Wildman–Crippen LogP) is 3.45. The second-order valence-electron chi connectivity index (χ2n) is 6.54. The van der Waals surface area contributed by atoms with Gasteiger partial charge in [-0.3, -0.25) is 4.79 Å². The summed E-state index contributed by atoms with van der Waals surface area (Å²) in [4.78, 5) is 14.4. The van der Waals surface area contributed by atoms with E-state index in [9.17, 15) is 4.79 Å². The number of likely N-dealkylation sites (N-methyl/N-ethyl adjacent to an activating group) is 1. The van der Waals surface area contributed by atoms with Crippen LogP contribution in [0.5, 0.6) is 17.2 Å². The van der Waals surface area contributed by atoms with E-state index >= 15 is 0 Å². The lowest BCUT2D eigenvalue weighted by molar-refractivity contribution is -0.143. The van der Waals surface area contributed by atoms with Crippen LogP contribution < -0.4 is 14.2 Å². The number of para-hydroxylation sites is 3. The van der Waals surface area contributed by atoms with Crippen molar-refractivity contribution in [2.45, 2.75) is 32.5 Å². The van der Waals surface area contributed by atoms with Crippen molar-refractivity contribution < 1.29 is 19.0 Å². The topological polar surface area (TPSA) is 48.0 Å². The molecule has 0 aliphatic carbocycles. The Hall–Kier alpha value is -2.69. The third-order valence-electron chi connectivity index (χ3n) is 4.45. The molecule has 5 heteroatoms. The lowest BCUT2D eigenvalue weighted by atomic mass is 10.1. The normalized spacial score (nSPS) is 18.3. The fourth-order valence-corrected chi connectivity index (χ4v) is 2.92. The lowest BCUT2D eigenvalue weighted by Crippen LogP contribution is -2.49. The number of ether oxygens (including phenoxy) is 3. The molecule has 138 valence electrons. The van der Waals surface area contributed by atoms with Gasteiger partial charge in [-0.2, -0.15) is 0 Å². The van der Waals surface area contributed by atoms with Crippen molar-refractivity contribution in [3.05, 3.63) is 54.1 Å². The van der Waals surface area contributed by atoms with Crippen molar-refractivity contribution in [2.75, 3.05) is 20.2 Å². The number of carbonyl (C=O) groups excluding carboxylic acids is 1. The van der Waals surface area contributed by atoms with Crippen LogP contribution in [0.1, 0.15) is 18.9 Å². The molecule has 5 nitrogen and oxygen atoms in total. The molecule has 2 unspecified atom stereocenters.